The lowest BCUT2D eigenvalue weighted by Crippen LogP contribution is -2.53. The first kappa shape index (κ1) is 18.2. The smallest absolute Gasteiger partial charge is 0.249 e. The summed E-state index contributed by atoms with van der Waals surface area (Å²) in [5.41, 5.74) is 9.00. The van der Waals surface area contributed by atoms with Crippen LogP contribution in [-0.4, -0.2) is 52.2 Å². The summed E-state index contributed by atoms with van der Waals surface area (Å²) in [6.45, 7) is 4.00. The third-order valence-electron chi connectivity index (χ3n) is 1.73. The fourth-order valence-corrected chi connectivity index (χ4v) is 1.09. The highest BCUT2D eigenvalue weighted by molar-refractivity contribution is 5.79. The van der Waals surface area contributed by atoms with Crippen LogP contribution in [0.3, 0.4) is 0 Å². The van der Waals surface area contributed by atoms with E-state index in [1.54, 1.807) is 0 Å². The number of rotatable bonds is 1. The maximum Gasteiger partial charge on any atom is 0.249 e. The number of hydrogen-bond acceptors (Lipinski definition) is 6. The number of hydrogen-bond donors (Lipinski definition) is 5. The minimum absolute atomic E-state index is 0.120. The van der Waals surface area contributed by atoms with Gasteiger partial charge in [-0.15, -0.1) is 0 Å². The average molecular weight is 252 g/mol. The minimum atomic E-state index is -1.36. The SMILES string of the molecule is CC.NC(=O)C1OC(O)CC(O)C1O.NC=O. The monoisotopic (exact) mass is 252 g/mol. The molecule has 8 nitrogen and oxygen atoms in total. The number of primary amides is 2. The van der Waals surface area contributed by atoms with Gasteiger partial charge < -0.3 is 31.5 Å². The van der Waals surface area contributed by atoms with E-state index in [2.05, 4.69) is 10.5 Å². The lowest BCUT2D eigenvalue weighted by molar-refractivity contribution is -0.228. The number of carbonyl (C=O) groups excluding carboxylic acids is 2. The lowest BCUT2D eigenvalue weighted by Gasteiger charge is -2.32. The van der Waals surface area contributed by atoms with E-state index in [4.69, 9.17) is 25.8 Å². The summed E-state index contributed by atoms with van der Waals surface area (Å²) in [7, 11) is 0. The van der Waals surface area contributed by atoms with Gasteiger partial charge in [0.25, 0.3) is 0 Å². The molecule has 0 aromatic heterocycles. The highest BCUT2D eigenvalue weighted by Crippen LogP contribution is 2.18. The van der Waals surface area contributed by atoms with Gasteiger partial charge in [0.2, 0.25) is 12.3 Å². The summed E-state index contributed by atoms with van der Waals surface area (Å²) in [5, 5.41) is 27.1. The summed E-state index contributed by atoms with van der Waals surface area (Å²) in [5.74, 6) is -0.902. The Kier molecular flexibility index (Phi) is 10.6. The fourth-order valence-electron chi connectivity index (χ4n) is 1.09. The standard InChI is InChI=1S/C6H11NO5.C2H6.CH3NO/c7-6(11)5-4(10)2(8)1-3(9)12-5;1-2;2-1-3/h2-5,8-10H,1H2,(H2,7,11);1-2H3;1H,(H2,2,3). The van der Waals surface area contributed by atoms with Gasteiger partial charge in [-0.05, 0) is 0 Å². The zero-order valence-electron chi connectivity index (χ0n) is 9.81. The topological polar surface area (TPSA) is 156 Å². The van der Waals surface area contributed by atoms with Crippen LogP contribution in [0.15, 0.2) is 0 Å². The molecule has 0 spiro atoms. The second-order valence-corrected chi connectivity index (χ2v) is 2.84. The van der Waals surface area contributed by atoms with Gasteiger partial charge >= 0.3 is 0 Å². The van der Waals surface area contributed by atoms with Crippen LogP contribution >= 0.6 is 0 Å². The molecule has 2 amide bonds. The molecule has 4 unspecified atom stereocenters. The predicted octanol–water partition coefficient (Wildman–Crippen LogP) is -2.57. The van der Waals surface area contributed by atoms with Gasteiger partial charge in [0.15, 0.2) is 12.4 Å². The van der Waals surface area contributed by atoms with E-state index in [0.29, 0.717) is 0 Å². The first-order chi connectivity index (χ1) is 7.93. The quantitative estimate of drug-likeness (QED) is 0.323. The molecule has 102 valence electrons. The van der Waals surface area contributed by atoms with Crippen molar-refractivity contribution in [1.29, 1.82) is 0 Å². The Bertz CT molecular complexity index is 226. The first-order valence-corrected chi connectivity index (χ1v) is 5.08. The van der Waals surface area contributed by atoms with Gasteiger partial charge in [-0.2, -0.15) is 0 Å². The van der Waals surface area contributed by atoms with Gasteiger partial charge in [-0.25, -0.2) is 0 Å². The van der Waals surface area contributed by atoms with Gasteiger partial charge in [0, 0.05) is 6.42 Å². The molecule has 1 heterocycles. The van der Waals surface area contributed by atoms with Crippen LogP contribution < -0.4 is 11.5 Å². The number of nitrogens with two attached hydrogens (primary N) is 2. The molecule has 7 N–H and O–H groups in total. The Morgan fingerprint density at radius 3 is 2.12 bits per heavy atom. The highest BCUT2D eigenvalue weighted by atomic mass is 16.6. The maximum absolute atomic E-state index is 10.6. The molecule has 1 rings (SSSR count). The zero-order valence-corrected chi connectivity index (χ0v) is 9.81. The molecule has 0 aromatic carbocycles. The highest BCUT2D eigenvalue weighted by Gasteiger charge is 2.39. The van der Waals surface area contributed by atoms with E-state index in [-0.39, 0.29) is 12.8 Å². The number of aliphatic hydroxyl groups is 3. The third kappa shape index (κ3) is 6.84. The van der Waals surface area contributed by atoms with Crippen LogP contribution in [0.5, 0.6) is 0 Å². The molecule has 0 radical (unpaired) electrons. The van der Waals surface area contributed by atoms with E-state index < -0.39 is 30.5 Å². The van der Waals surface area contributed by atoms with Gasteiger partial charge in [0.05, 0.1) is 6.10 Å². The van der Waals surface area contributed by atoms with Gasteiger partial charge in [0.1, 0.15) is 6.10 Å². The molecule has 1 aliphatic rings. The normalized spacial score (nSPS) is 31.1. The van der Waals surface area contributed by atoms with Crippen LogP contribution in [0.25, 0.3) is 0 Å². The van der Waals surface area contributed by atoms with Crippen molar-refractivity contribution in [3.05, 3.63) is 0 Å². The molecule has 0 saturated carbocycles. The molecule has 8 heteroatoms. The Morgan fingerprint density at radius 2 is 1.76 bits per heavy atom. The van der Waals surface area contributed by atoms with E-state index in [0.717, 1.165) is 0 Å². The van der Waals surface area contributed by atoms with Crippen LogP contribution in [0.1, 0.15) is 20.3 Å². The molecule has 1 fully saturated rings. The van der Waals surface area contributed by atoms with Gasteiger partial charge in [-0.3, -0.25) is 9.59 Å². The second kappa shape index (κ2) is 9.97. The van der Waals surface area contributed by atoms with Crippen LogP contribution in [0.4, 0.5) is 0 Å². The Labute approximate surface area is 99.2 Å². The number of ether oxygens (including phenoxy) is 1. The molecule has 4 atom stereocenters. The number of amides is 2. The predicted molar refractivity (Wildman–Crippen MR) is 58.3 cm³/mol. The summed E-state index contributed by atoms with van der Waals surface area (Å²) >= 11 is 0. The fraction of sp³-hybridized carbons (Fsp3) is 0.778. The summed E-state index contributed by atoms with van der Waals surface area (Å²) in [4.78, 5) is 19.2. The maximum atomic E-state index is 10.6. The average Bonchev–Trinajstić information content (AvgIpc) is 2.27. The Balaban J connectivity index is 0. The summed E-state index contributed by atoms with van der Waals surface area (Å²) in [6.07, 6.45) is -4.98. The van der Waals surface area contributed by atoms with Crippen molar-refractivity contribution < 1.29 is 29.6 Å². The van der Waals surface area contributed by atoms with Crippen LogP contribution in [0.2, 0.25) is 0 Å². The van der Waals surface area contributed by atoms with Crippen molar-refractivity contribution in [2.24, 2.45) is 11.5 Å². The molecule has 17 heavy (non-hydrogen) atoms. The third-order valence-corrected chi connectivity index (χ3v) is 1.73. The minimum Gasteiger partial charge on any atom is -0.390 e. The zero-order chi connectivity index (χ0) is 14.0. The van der Waals surface area contributed by atoms with Crippen molar-refractivity contribution in [2.45, 2.75) is 44.9 Å². The number of aliphatic hydroxyl groups excluding tert-OH is 3. The van der Waals surface area contributed by atoms with Crippen molar-refractivity contribution in [2.75, 3.05) is 0 Å². The van der Waals surface area contributed by atoms with E-state index >= 15 is 0 Å². The van der Waals surface area contributed by atoms with E-state index in [1.807, 2.05) is 13.8 Å². The van der Waals surface area contributed by atoms with Crippen LogP contribution in [-0.2, 0) is 14.3 Å². The van der Waals surface area contributed by atoms with Crippen molar-refractivity contribution >= 4 is 12.3 Å². The first-order valence-electron chi connectivity index (χ1n) is 5.08. The molecule has 1 aliphatic heterocycles. The molecule has 0 bridgehead atoms. The van der Waals surface area contributed by atoms with E-state index in [9.17, 15) is 4.79 Å². The van der Waals surface area contributed by atoms with Gasteiger partial charge in [-0.1, -0.05) is 13.8 Å². The lowest BCUT2D eigenvalue weighted by atomic mass is 10.0. The molecule has 0 aliphatic carbocycles. The van der Waals surface area contributed by atoms with E-state index in [1.165, 1.54) is 0 Å². The van der Waals surface area contributed by atoms with Crippen LogP contribution in [0, 0.1) is 0 Å². The molecular formula is C9H20N2O6. The second-order valence-electron chi connectivity index (χ2n) is 2.84. The number of carbonyl (C=O) groups is 2. The van der Waals surface area contributed by atoms with Crippen molar-refractivity contribution in [3.63, 3.8) is 0 Å². The molecule has 0 aromatic rings. The summed E-state index contributed by atoms with van der Waals surface area (Å²) in [6, 6.07) is 0. The van der Waals surface area contributed by atoms with Crippen molar-refractivity contribution in [1.82, 2.24) is 0 Å². The Morgan fingerprint density at radius 1 is 1.35 bits per heavy atom. The molecule has 1 saturated heterocycles. The Hall–Kier alpha value is -1.22. The van der Waals surface area contributed by atoms with Crippen molar-refractivity contribution in [3.8, 4) is 0 Å². The summed E-state index contributed by atoms with van der Waals surface area (Å²) < 4.78 is 4.60. The largest absolute Gasteiger partial charge is 0.390 e. The molecular weight excluding hydrogens is 232 g/mol.